The van der Waals surface area contributed by atoms with Gasteiger partial charge in [0.25, 0.3) is 5.56 Å². The number of anilines is 1. The zero-order valence-corrected chi connectivity index (χ0v) is 12.9. The molecule has 0 spiro atoms. The van der Waals surface area contributed by atoms with Crippen LogP contribution in [0.2, 0.25) is 0 Å². The van der Waals surface area contributed by atoms with E-state index in [-0.39, 0.29) is 5.56 Å². The van der Waals surface area contributed by atoms with Gasteiger partial charge in [-0.3, -0.25) is 4.79 Å². The third kappa shape index (κ3) is 3.00. The van der Waals surface area contributed by atoms with Crippen molar-refractivity contribution in [1.29, 1.82) is 0 Å². The van der Waals surface area contributed by atoms with Gasteiger partial charge in [0.2, 0.25) is 10.1 Å². The number of hydrogen-bond acceptors (Lipinski definition) is 6. The molecule has 1 atom stereocenters. The second kappa shape index (κ2) is 6.25. The number of benzene rings is 1. The minimum absolute atomic E-state index is 0.185. The van der Waals surface area contributed by atoms with E-state index in [0.29, 0.717) is 23.1 Å². The Morgan fingerprint density at radius 2 is 2.14 bits per heavy atom. The standard InChI is InChI=1S/C15H16N4O2S/c1-2-11-8-13(21)19-15(17-11)22-14(18-19)16-9-12(20)10-6-4-3-5-7-10/h3-8,12,20H,2,9H2,1H3,(H,16,18)/t12-/m1/s1. The van der Waals surface area contributed by atoms with E-state index in [0.717, 1.165) is 11.3 Å². The number of nitrogens with zero attached hydrogens (tertiary/aromatic N) is 3. The molecular formula is C15H16N4O2S. The maximum Gasteiger partial charge on any atom is 0.275 e. The van der Waals surface area contributed by atoms with Crippen LogP contribution in [0, 0.1) is 0 Å². The Bertz CT molecular complexity index is 828. The number of aliphatic hydroxyl groups excluding tert-OH is 1. The van der Waals surface area contributed by atoms with Gasteiger partial charge in [0.15, 0.2) is 0 Å². The molecule has 2 N–H and O–H groups in total. The highest BCUT2D eigenvalue weighted by atomic mass is 32.1. The van der Waals surface area contributed by atoms with Crippen molar-refractivity contribution in [2.75, 3.05) is 11.9 Å². The number of hydrogen-bond donors (Lipinski definition) is 2. The van der Waals surface area contributed by atoms with Crippen LogP contribution in [-0.4, -0.2) is 26.2 Å². The molecule has 0 aliphatic carbocycles. The lowest BCUT2D eigenvalue weighted by molar-refractivity contribution is 0.191. The van der Waals surface area contributed by atoms with Crippen LogP contribution in [0.1, 0.15) is 24.3 Å². The van der Waals surface area contributed by atoms with Crippen molar-refractivity contribution in [1.82, 2.24) is 14.6 Å². The Hall–Kier alpha value is -2.25. The predicted molar refractivity (Wildman–Crippen MR) is 86.4 cm³/mol. The quantitative estimate of drug-likeness (QED) is 0.751. The summed E-state index contributed by atoms with van der Waals surface area (Å²) >= 11 is 1.30. The summed E-state index contributed by atoms with van der Waals surface area (Å²) in [6, 6.07) is 10.9. The van der Waals surface area contributed by atoms with Crippen LogP contribution in [0.25, 0.3) is 4.96 Å². The summed E-state index contributed by atoms with van der Waals surface area (Å²) in [6.07, 6.45) is 0.0724. The highest BCUT2D eigenvalue weighted by molar-refractivity contribution is 7.20. The molecule has 0 amide bonds. The van der Waals surface area contributed by atoms with Crippen molar-refractivity contribution >= 4 is 21.4 Å². The van der Waals surface area contributed by atoms with E-state index >= 15 is 0 Å². The van der Waals surface area contributed by atoms with E-state index in [1.54, 1.807) is 0 Å². The zero-order chi connectivity index (χ0) is 15.5. The summed E-state index contributed by atoms with van der Waals surface area (Å²) in [5.74, 6) is 0. The normalized spacial score (nSPS) is 12.5. The van der Waals surface area contributed by atoms with Crippen molar-refractivity contribution < 1.29 is 5.11 Å². The van der Waals surface area contributed by atoms with Gasteiger partial charge in [-0.15, -0.1) is 5.10 Å². The van der Waals surface area contributed by atoms with Gasteiger partial charge in [-0.25, -0.2) is 4.98 Å². The highest BCUT2D eigenvalue weighted by Gasteiger charge is 2.11. The number of aryl methyl sites for hydroxylation is 1. The maximum atomic E-state index is 11.9. The first-order valence-corrected chi connectivity index (χ1v) is 7.85. The minimum Gasteiger partial charge on any atom is -0.387 e. The molecule has 0 bridgehead atoms. The molecule has 0 saturated heterocycles. The second-order valence-electron chi connectivity index (χ2n) is 4.85. The first-order valence-electron chi connectivity index (χ1n) is 7.04. The average Bonchev–Trinajstić information content (AvgIpc) is 2.97. The highest BCUT2D eigenvalue weighted by Crippen LogP contribution is 2.19. The maximum absolute atomic E-state index is 11.9. The molecule has 7 heteroatoms. The van der Waals surface area contributed by atoms with Crippen LogP contribution in [-0.2, 0) is 6.42 Å². The largest absolute Gasteiger partial charge is 0.387 e. The van der Waals surface area contributed by atoms with Crippen molar-refractivity contribution in [2.24, 2.45) is 0 Å². The van der Waals surface area contributed by atoms with E-state index in [1.807, 2.05) is 37.3 Å². The summed E-state index contributed by atoms with van der Waals surface area (Å²) in [5, 5.41) is 17.9. The molecular weight excluding hydrogens is 300 g/mol. The van der Waals surface area contributed by atoms with Crippen LogP contribution < -0.4 is 10.9 Å². The van der Waals surface area contributed by atoms with E-state index in [2.05, 4.69) is 15.4 Å². The van der Waals surface area contributed by atoms with Gasteiger partial charge < -0.3 is 10.4 Å². The number of aliphatic hydroxyl groups is 1. The minimum atomic E-state index is -0.635. The summed E-state index contributed by atoms with van der Waals surface area (Å²) in [6.45, 7) is 2.27. The van der Waals surface area contributed by atoms with Crippen molar-refractivity contribution in [2.45, 2.75) is 19.4 Å². The van der Waals surface area contributed by atoms with Crippen LogP contribution >= 0.6 is 11.3 Å². The summed E-state index contributed by atoms with van der Waals surface area (Å²) in [7, 11) is 0. The lowest BCUT2D eigenvalue weighted by Crippen LogP contribution is -2.16. The number of nitrogens with one attached hydrogen (secondary N) is 1. The van der Waals surface area contributed by atoms with Gasteiger partial charge in [-0.1, -0.05) is 48.6 Å². The van der Waals surface area contributed by atoms with Gasteiger partial charge in [0.1, 0.15) is 0 Å². The molecule has 3 rings (SSSR count). The number of fused-ring (bicyclic) bond motifs is 1. The molecule has 2 heterocycles. The van der Waals surface area contributed by atoms with Crippen LogP contribution in [0.15, 0.2) is 41.2 Å². The number of rotatable bonds is 5. The predicted octanol–water partition coefficient (Wildman–Crippen LogP) is 1.86. The van der Waals surface area contributed by atoms with Crippen molar-refractivity contribution in [3.8, 4) is 0 Å². The third-order valence-electron chi connectivity index (χ3n) is 3.29. The van der Waals surface area contributed by atoms with E-state index in [9.17, 15) is 9.90 Å². The van der Waals surface area contributed by atoms with Gasteiger partial charge in [0, 0.05) is 18.3 Å². The molecule has 1 aromatic carbocycles. The molecule has 114 valence electrons. The monoisotopic (exact) mass is 316 g/mol. The molecule has 2 aromatic heterocycles. The molecule has 0 aliphatic heterocycles. The Kier molecular flexibility index (Phi) is 4.17. The van der Waals surface area contributed by atoms with Crippen LogP contribution in [0.4, 0.5) is 5.13 Å². The summed E-state index contributed by atoms with van der Waals surface area (Å²) < 4.78 is 1.28. The van der Waals surface area contributed by atoms with E-state index < -0.39 is 6.10 Å². The molecule has 0 saturated carbocycles. The zero-order valence-electron chi connectivity index (χ0n) is 12.1. The number of aromatic nitrogens is 3. The topological polar surface area (TPSA) is 79.5 Å². The van der Waals surface area contributed by atoms with Gasteiger partial charge in [-0.05, 0) is 12.0 Å². The second-order valence-corrected chi connectivity index (χ2v) is 5.80. The fraction of sp³-hybridized carbons (Fsp3) is 0.267. The fourth-order valence-corrected chi connectivity index (χ4v) is 2.92. The van der Waals surface area contributed by atoms with Crippen molar-refractivity contribution in [3.63, 3.8) is 0 Å². The molecule has 0 aliphatic rings. The van der Waals surface area contributed by atoms with Gasteiger partial charge >= 0.3 is 0 Å². The Labute approximate surface area is 131 Å². The Morgan fingerprint density at radius 3 is 2.86 bits per heavy atom. The molecule has 0 unspecified atom stereocenters. The van der Waals surface area contributed by atoms with E-state index in [1.165, 1.54) is 21.9 Å². The lowest BCUT2D eigenvalue weighted by Gasteiger charge is -2.10. The van der Waals surface area contributed by atoms with Crippen molar-refractivity contribution in [3.05, 3.63) is 58.0 Å². The SMILES string of the molecule is CCc1cc(=O)n2nc(NC[C@@H](O)c3ccccc3)sc2n1. The third-order valence-corrected chi connectivity index (χ3v) is 4.16. The first-order chi connectivity index (χ1) is 10.7. The molecule has 3 aromatic rings. The van der Waals surface area contributed by atoms with Gasteiger partial charge in [0.05, 0.1) is 6.10 Å². The molecule has 6 nitrogen and oxygen atoms in total. The molecule has 0 radical (unpaired) electrons. The molecule has 22 heavy (non-hydrogen) atoms. The fourth-order valence-electron chi connectivity index (χ4n) is 2.09. The average molecular weight is 316 g/mol. The summed E-state index contributed by atoms with van der Waals surface area (Å²) in [4.78, 5) is 16.9. The summed E-state index contributed by atoms with van der Waals surface area (Å²) in [5.41, 5.74) is 1.40. The smallest absolute Gasteiger partial charge is 0.275 e. The Morgan fingerprint density at radius 1 is 1.36 bits per heavy atom. The van der Waals surface area contributed by atoms with Crippen LogP contribution in [0.3, 0.4) is 0 Å². The molecule has 0 fully saturated rings. The Balaban J connectivity index is 1.77. The van der Waals surface area contributed by atoms with E-state index in [4.69, 9.17) is 0 Å². The van der Waals surface area contributed by atoms with Crippen LogP contribution in [0.5, 0.6) is 0 Å². The first kappa shape index (κ1) is 14.7. The lowest BCUT2D eigenvalue weighted by atomic mass is 10.1. The van der Waals surface area contributed by atoms with Gasteiger partial charge in [-0.2, -0.15) is 4.52 Å².